The van der Waals surface area contributed by atoms with Crippen LogP contribution in [0.2, 0.25) is 0 Å². The first-order chi connectivity index (χ1) is 9.63. The van der Waals surface area contributed by atoms with Crippen LogP contribution in [-0.2, 0) is 0 Å². The first-order valence-corrected chi connectivity index (χ1v) is 7.47. The van der Waals surface area contributed by atoms with E-state index in [-0.39, 0.29) is 11.8 Å². The Labute approximate surface area is 120 Å². The Morgan fingerprint density at radius 2 is 1.90 bits per heavy atom. The van der Waals surface area contributed by atoms with Gasteiger partial charge in [-0.3, -0.25) is 4.79 Å². The third kappa shape index (κ3) is 3.26. The molecule has 1 aliphatic heterocycles. The normalized spacial score (nSPS) is 16.1. The van der Waals surface area contributed by atoms with Crippen molar-refractivity contribution < 1.29 is 4.79 Å². The number of rotatable bonds is 3. The second-order valence-corrected chi connectivity index (χ2v) is 5.60. The molecule has 2 heterocycles. The predicted molar refractivity (Wildman–Crippen MR) is 80.0 cm³/mol. The molecule has 1 N–H and O–H groups in total. The van der Waals surface area contributed by atoms with Crippen LogP contribution in [0.1, 0.15) is 61.8 Å². The minimum Gasteiger partial charge on any atom is -0.385 e. The van der Waals surface area contributed by atoms with Crippen molar-refractivity contribution >= 4 is 11.6 Å². The van der Waals surface area contributed by atoms with Crippen molar-refractivity contribution in [3.63, 3.8) is 0 Å². The number of nitrogens with zero attached hydrogens (tertiary/aromatic N) is 3. The third-order valence-corrected chi connectivity index (χ3v) is 3.69. The molecule has 0 radical (unpaired) electrons. The highest BCUT2D eigenvalue weighted by Gasteiger charge is 2.22. The summed E-state index contributed by atoms with van der Waals surface area (Å²) in [6.45, 7) is 5.75. The molecule has 2 rings (SSSR count). The van der Waals surface area contributed by atoms with Crippen LogP contribution < -0.4 is 5.32 Å². The summed E-state index contributed by atoms with van der Waals surface area (Å²) in [6, 6.07) is 0. The molecular formula is C15H24N4O. The minimum absolute atomic E-state index is 0.0283. The van der Waals surface area contributed by atoms with Crippen molar-refractivity contribution in [3.8, 4) is 0 Å². The number of aromatic nitrogens is 2. The largest absolute Gasteiger partial charge is 0.385 e. The zero-order valence-electron chi connectivity index (χ0n) is 12.6. The number of carbonyl (C=O) groups excluding carboxylic acids is 1. The van der Waals surface area contributed by atoms with Crippen molar-refractivity contribution in [2.24, 2.45) is 0 Å². The van der Waals surface area contributed by atoms with Crippen LogP contribution in [0.3, 0.4) is 0 Å². The lowest BCUT2D eigenvalue weighted by molar-refractivity contribution is 0.0756. The number of hydrogen-bond acceptors (Lipinski definition) is 4. The Bertz CT molecular complexity index is 465. The lowest BCUT2D eigenvalue weighted by atomic mass is 10.2. The molecule has 0 unspecified atom stereocenters. The summed E-state index contributed by atoms with van der Waals surface area (Å²) in [4.78, 5) is 23.4. The molecule has 0 aromatic carbocycles. The summed E-state index contributed by atoms with van der Waals surface area (Å²) >= 11 is 0. The fourth-order valence-corrected chi connectivity index (χ4v) is 2.44. The Balaban J connectivity index is 2.28. The smallest absolute Gasteiger partial charge is 0.274 e. The molecule has 1 amide bonds. The number of likely N-dealkylation sites (tertiary alicyclic amines) is 1. The molecule has 0 aliphatic carbocycles. The van der Waals surface area contributed by atoms with E-state index in [0.717, 1.165) is 31.8 Å². The third-order valence-electron chi connectivity index (χ3n) is 3.69. The maximum Gasteiger partial charge on any atom is 0.274 e. The van der Waals surface area contributed by atoms with Gasteiger partial charge in [0.15, 0.2) is 5.69 Å². The molecule has 5 nitrogen and oxygen atoms in total. The maximum absolute atomic E-state index is 12.7. The Hall–Kier alpha value is -1.65. The van der Waals surface area contributed by atoms with Gasteiger partial charge in [0.1, 0.15) is 5.82 Å². The van der Waals surface area contributed by atoms with Crippen LogP contribution in [-0.4, -0.2) is 40.9 Å². The molecule has 0 saturated carbocycles. The van der Waals surface area contributed by atoms with Crippen molar-refractivity contribution in [2.75, 3.05) is 25.5 Å². The molecule has 1 aromatic rings. The maximum atomic E-state index is 12.7. The van der Waals surface area contributed by atoms with Crippen molar-refractivity contribution in [2.45, 2.75) is 45.4 Å². The van der Waals surface area contributed by atoms with E-state index in [2.05, 4.69) is 15.3 Å². The Kier molecular flexibility index (Phi) is 4.93. The lowest BCUT2D eigenvalue weighted by Gasteiger charge is -2.21. The van der Waals surface area contributed by atoms with Gasteiger partial charge < -0.3 is 10.2 Å². The van der Waals surface area contributed by atoms with E-state index >= 15 is 0 Å². The van der Waals surface area contributed by atoms with Gasteiger partial charge in [0.05, 0.1) is 11.9 Å². The summed E-state index contributed by atoms with van der Waals surface area (Å²) in [7, 11) is 1.80. The molecule has 0 spiro atoms. The van der Waals surface area contributed by atoms with Crippen LogP contribution in [0.15, 0.2) is 6.20 Å². The van der Waals surface area contributed by atoms with Gasteiger partial charge in [-0.15, -0.1) is 0 Å². The van der Waals surface area contributed by atoms with Crippen LogP contribution in [0.4, 0.5) is 5.69 Å². The minimum atomic E-state index is 0.0283. The Morgan fingerprint density at radius 3 is 2.45 bits per heavy atom. The summed E-state index contributed by atoms with van der Waals surface area (Å²) in [5.41, 5.74) is 1.22. The summed E-state index contributed by atoms with van der Waals surface area (Å²) in [5.74, 6) is 0.972. The van der Waals surface area contributed by atoms with Gasteiger partial charge in [-0.2, -0.15) is 0 Å². The van der Waals surface area contributed by atoms with Gasteiger partial charge in [-0.1, -0.05) is 26.7 Å². The molecule has 1 aromatic heterocycles. The van der Waals surface area contributed by atoms with E-state index in [1.165, 1.54) is 12.8 Å². The van der Waals surface area contributed by atoms with Crippen LogP contribution in [0.5, 0.6) is 0 Å². The van der Waals surface area contributed by atoms with Crippen molar-refractivity contribution in [1.29, 1.82) is 0 Å². The van der Waals surface area contributed by atoms with Gasteiger partial charge in [-0.25, -0.2) is 9.97 Å². The standard InChI is InChI=1S/C15H24N4O/c1-11(2)14-17-10-12(16-3)13(18-14)15(20)19-8-6-4-5-7-9-19/h10-11,16H,4-9H2,1-3H3. The van der Waals surface area contributed by atoms with Gasteiger partial charge in [-0.05, 0) is 12.8 Å². The average molecular weight is 276 g/mol. The number of anilines is 1. The number of nitrogens with one attached hydrogen (secondary N) is 1. The first-order valence-electron chi connectivity index (χ1n) is 7.47. The van der Waals surface area contributed by atoms with Crippen LogP contribution in [0.25, 0.3) is 0 Å². The summed E-state index contributed by atoms with van der Waals surface area (Å²) < 4.78 is 0. The predicted octanol–water partition coefficient (Wildman–Crippen LogP) is 2.66. The van der Waals surface area contributed by atoms with Crippen molar-refractivity contribution in [3.05, 3.63) is 17.7 Å². The van der Waals surface area contributed by atoms with E-state index in [0.29, 0.717) is 11.4 Å². The average Bonchev–Trinajstić information content (AvgIpc) is 2.74. The summed E-state index contributed by atoms with van der Waals surface area (Å²) in [5, 5.41) is 3.02. The number of hydrogen-bond donors (Lipinski definition) is 1. The van der Waals surface area contributed by atoms with Gasteiger partial charge in [0.2, 0.25) is 0 Å². The molecule has 0 atom stereocenters. The van der Waals surface area contributed by atoms with E-state index in [4.69, 9.17) is 0 Å². The molecule has 5 heteroatoms. The zero-order valence-corrected chi connectivity index (χ0v) is 12.6. The van der Waals surface area contributed by atoms with Gasteiger partial charge >= 0.3 is 0 Å². The van der Waals surface area contributed by atoms with Crippen LogP contribution in [0, 0.1) is 0 Å². The Morgan fingerprint density at radius 1 is 1.25 bits per heavy atom. The van der Waals surface area contributed by atoms with E-state index in [1.54, 1.807) is 13.2 Å². The SMILES string of the molecule is CNc1cnc(C(C)C)nc1C(=O)N1CCCCCC1. The lowest BCUT2D eigenvalue weighted by Crippen LogP contribution is -2.33. The highest BCUT2D eigenvalue weighted by atomic mass is 16.2. The number of carbonyl (C=O) groups is 1. The van der Waals surface area contributed by atoms with Gasteiger partial charge in [0.25, 0.3) is 5.91 Å². The van der Waals surface area contributed by atoms with E-state index in [9.17, 15) is 4.79 Å². The molecular weight excluding hydrogens is 252 g/mol. The highest BCUT2D eigenvalue weighted by molar-refractivity contribution is 5.97. The fraction of sp³-hybridized carbons (Fsp3) is 0.667. The monoisotopic (exact) mass is 276 g/mol. The molecule has 110 valence electrons. The second-order valence-electron chi connectivity index (χ2n) is 5.60. The zero-order chi connectivity index (χ0) is 14.5. The highest BCUT2D eigenvalue weighted by Crippen LogP contribution is 2.19. The van der Waals surface area contributed by atoms with Crippen molar-refractivity contribution in [1.82, 2.24) is 14.9 Å². The topological polar surface area (TPSA) is 58.1 Å². The fourth-order valence-electron chi connectivity index (χ4n) is 2.44. The van der Waals surface area contributed by atoms with E-state index in [1.807, 2.05) is 18.7 Å². The molecule has 20 heavy (non-hydrogen) atoms. The van der Waals surface area contributed by atoms with Crippen LogP contribution >= 0.6 is 0 Å². The number of amides is 1. The van der Waals surface area contributed by atoms with E-state index < -0.39 is 0 Å². The molecule has 0 bridgehead atoms. The summed E-state index contributed by atoms with van der Waals surface area (Å²) in [6.07, 6.45) is 6.31. The second kappa shape index (κ2) is 6.68. The molecule has 1 aliphatic rings. The quantitative estimate of drug-likeness (QED) is 0.922. The first kappa shape index (κ1) is 14.8. The molecule has 1 fully saturated rings. The molecule has 1 saturated heterocycles. The van der Waals surface area contributed by atoms with Gasteiger partial charge in [0, 0.05) is 26.1 Å².